The molecule has 1 aromatic carbocycles. The van der Waals surface area contributed by atoms with Crippen molar-refractivity contribution in [3.05, 3.63) is 39.9 Å². The number of esters is 1. The molecule has 0 radical (unpaired) electrons. The maximum atomic E-state index is 11.5. The monoisotopic (exact) mass is 296 g/mol. The molecule has 2 nitrogen and oxygen atoms in total. The molecular weight excluding hydrogens is 280 g/mol. The van der Waals surface area contributed by atoms with Crippen molar-refractivity contribution < 1.29 is 9.53 Å². The summed E-state index contributed by atoms with van der Waals surface area (Å²) in [6, 6.07) is 5.98. The third kappa shape index (κ3) is 5.18. The molecular formula is C14H17BrO2. The molecule has 0 saturated carbocycles. The number of carbonyl (C=O) groups excluding carboxylic acids is 1. The highest BCUT2D eigenvalue weighted by atomic mass is 79.9. The molecule has 0 heterocycles. The summed E-state index contributed by atoms with van der Waals surface area (Å²) in [6.45, 7) is 7.56. The van der Waals surface area contributed by atoms with Crippen LogP contribution in [0.5, 0.6) is 0 Å². The minimum absolute atomic E-state index is 0.328. The Morgan fingerprint density at radius 1 is 1.35 bits per heavy atom. The van der Waals surface area contributed by atoms with E-state index in [1.54, 1.807) is 6.08 Å². The van der Waals surface area contributed by atoms with Gasteiger partial charge in [-0.25, -0.2) is 4.79 Å². The van der Waals surface area contributed by atoms with E-state index in [0.29, 0.717) is 0 Å². The van der Waals surface area contributed by atoms with Crippen LogP contribution in [0.4, 0.5) is 0 Å². The second kappa shape index (κ2) is 5.50. The normalized spacial score (nSPS) is 11.8. The zero-order valence-corrected chi connectivity index (χ0v) is 12.2. The van der Waals surface area contributed by atoms with E-state index in [4.69, 9.17) is 4.74 Å². The van der Waals surface area contributed by atoms with E-state index in [-0.39, 0.29) is 5.97 Å². The minimum atomic E-state index is -0.453. The summed E-state index contributed by atoms with van der Waals surface area (Å²) in [6.07, 6.45) is 3.20. The van der Waals surface area contributed by atoms with Crippen LogP contribution in [-0.2, 0) is 9.53 Å². The molecule has 0 amide bonds. The number of aryl methyl sites for hydroxylation is 1. The predicted molar refractivity (Wildman–Crippen MR) is 73.8 cm³/mol. The Morgan fingerprint density at radius 3 is 2.59 bits per heavy atom. The molecule has 3 heteroatoms. The van der Waals surface area contributed by atoms with Crippen LogP contribution in [0.1, 0.15) is 31.9 Å². The van der Waals surface area contributed by atoms with Gasteiger partial charge in [0.15, 0.2) is 0 Å². The van der Waals surface area contributed by atoms with Crippen LogP contribution >= 0.6 is 15.9 Å². The standard InChI is InChI=1S/C14H17BrO2/c1-10-5-7-12(15)11(9-10)6-8-13(16)17-14(2,3)4/h5-9H,1-4H3. The van der Waals surface area contributed by atoms with Crippen molar-refractivity contribution in [3.8, 4) is 0 Å². The Bertz CT molecular complexity index is 442. The van der Waals surface area contributed by atoms with Gasteiger partial charge in [0, 0.05) is 10.5 Å². The van der Waals surface area contributed by atoms with Crippen molar-refractivity contribution in [2.24, 2.45) is 0 Å². The number of carbonyl (C=O) groups is 1. The minimum Gasteiger partial charge on any atom is -0.457 e. The van der Waals surface area contributed by atoms with E-state index in [0.717, 1.165) is 15.6 Å². The zero-order valence-electron chi connectivity index (χ0n) is 10.6. The van der Waals surface area contributed by atoms with Crippen molar-refractivity contribution >= 4 is 28.0 Å². The van der Waals surface area contributed by atoms with Crippen LogP contribution in [0.15, 0.2) is 28.7 Å². The molecule has 17 heavy (non-hydrogen) atoms. The number of ether oxygens (including phenoxy) is 1. The van der Waals surface area contributed by atoms with Gasteiger partial charge in [0.2, 0.25) is 0 Å². The molecule has 0 spiro atoms. The molecule has 0 aromatic heterocycles. The molecule has 0 bridgehead atoms. The van der Waals surface area contributed by atoms with Gasteiger partial charge in [-0.3, -0.25) is 0 Å². The fourth-order valence-electron chi connectivity index (χ4n) is 1.28. The van der Waals surface area contributed by atoms with E-state index in [1.165, 1.54) is 6.08 Å². The lowest BCUT2D eigenvalue weighted by atomic mass is 10.1. The molecule has 0 aliphatic carbocycles. The first-order valence-electron chi connectivity index (χ1n) is 5.45. The number of rotatable bonds is 2. The maximum Gasteiger partial charge on any atom is 0.331 e. The maximum absolute atomic E-state index is 11.5. The van der Waals surface area contributed by atoms with Crippen LogP contribution in [0.3, 0.4) is 0 Å². The molecule has 0 unspecified atom stereocenters. The lowest BCUT2D eigenvalue weighted by Gasteiger charge is -2.17. The Labute approximate surface area is 111 Å². The smallest absolute Gasteiger partial charge is 0.331 e. The van der Waals surface area contributed by atoms with Gasteiger partial charge >= 0.3 is 5.97 Å². The Hall–Kier alpha value is -1.09. The summed E-state index contributed by atoms with van der Waals surface area (Å²) in [5.41, 5.74) is 1.67. The number of hydrogen-bond acceptors (Lipinski definition) is 2. The second-order valence-electron chi connectivity index (χ2n) is 4.89. The highest BCUT2D eigenvalue weighted by Gasteiger charge is 2.13. The van der Waals surface area contributed by atoms with Crippen LogP contribution in [-0.4, -0.2) is 11.6 Å². The molecule has 0 aliphatic heterocycles. The molecule has 0 fully saturated rings. The second-order valence-corrected chi connectivity index (χ2v) is 5.75. The summed E-state index contributed by atoms with van der Waals surface area (Å²) in [5, 5.41) is 0. The van der Waals surface area contributed by atoms with Crippen molar-refractivity contribution in [1.82, 2.24) is 0 Å². The van der Waals surface area contributed by atoms with E-state index in [2.05, 4.69) is 15.9 Å². The van der Waals surface area contributed by atoms with E-state index in [1.807, 2.05) is 45.9 Å². The lowest BCUT2D eigenvalue weighted by molar-refractivity contribution is -0.148. The fraction of sp³-hybridized carbons (Fsp3) is 0.357. The largest absolute Gasteiger partial charge is 0.457 e. The first kappa shape index (κ1) is 14.0. The van der Waals surface area contributed by atoms with Crippen LogP contribution in [0.2, 0.25) is 0 Å². The van der Waals surface area contributed by atoms with Crippen molar-refractivity contribution in [1.29, 1.82) is 0 Å². The van der Waals surface area contributed by atoms with E-state index in [9.17, 15) is 4.79 Å². The lowest BCUT2D eigenvalue weighted by Crippen LogP contribution is -2.22. The number of benzene rings is 1. The molecule has 0 N–H and O–H groups in total. The topological polar surface area (TPSA) is 26.3 Å². The highest BCUT2D eigenvalue weighted by Crippen LogP contribution is 2.19. The fourth-order valence-corrected chi connectivity index (χ4v) is 1.66. The first-order chi connectivity index (χ1) is 7.78. The van der Waals surface area contributed by atoms with Crippen molar-refractivity contribution in [2.45, 2.75) is 33.3 Å². The summed E-state index contributed by atoms with van der Waals surface area (Å²) in [7, 11) is 0. The van der Waals surface area contributed by atoms with Crippen LogP contribution in [0.25, 0.3) is 6.08 Å². The van der Waals surface area contributed by atoms with Gasteiger partial charge in [-0.05, 0) is 45.4 Å². The zero-order chi connectivity index (χ0) is 13.1. The summed E-state index contributed by atoms with van der Waals surface area (Å²) in [5.74, 6) is -0.328. The van der Waals surface area contributed by atoms with Gasteiger partial charge in [-0.1, -0.05) is 33.6 Å². The van der Waals surface area contributed by atoms with Gasteiger partial charge in [-0.2, -0.15) is 0 Å². The Balaban J connectivity index is 2.77. The SMILES string of the molecule is Cc1ccc(Br)c(C=CC(=O)OC(C)(C)C)c1. The summed E-state index contributed by atoms with van der Waals surface area (Å²) < 4.78 is 6.15. The van der Waals surface area contributed by atoms with Gasteiger partial charge < -0.3 is 4.74 Å². The summed E-state index contributed by atoms with van der Waals surface area (Å²) >= 11 is 3.44. The molecule has 0 saturated heterocycles. The molecule has 92 valence electrons. The van der Waals surface area contributed by atoms with Gasteiger partial charge in [0.1, 0.15) is 5.60 Å². The number of hydrogen-bond donors (Lipinski definition) is 0. The van der Waals surface area contributed by atoms with Crippen molar-refractivity contribution in [3.63, 3.8) is 0 Å². The average Bonchev–Trinajstić information content (AvgIpc) is 2.17. The third-order valence-electron chi connectivity index (χ3n) is 1.96. The van der Waals surface area contributed by atoms with Gasteiger partial charge in [-0.15, -0.1) is 0 Å². The summed E-state index contributed by atoms with van der Waals surface area (Å²) in [4.78, 5) is 11.5. The first-order valence-corrected chi connectivity index (χ1v) is 6.24. The Kier molecular flexibility index (Phi) is 4.52. The van der Waals surface area contributed by atoms with E-state index >= 15 is 0 Å². The average molecular weight is 297 g/mol. The molecule has 1 rings (SSSR count). The van der Waals surface area contributed by atoms with E-state index < -0.39 is 5.60 Å². The quantitative estimate of drug-likeness (QED) is 0.606. The predicted octanol–water partition coefficient (Wildman–Crippen LogP) is 4.11. The highest BCUT2D eigenvalue weighted by molar-refractivity contribution is 9.10. The molecule has 0 aliphatic rings. The van der Waals surface area contributed by atoms with Gasteiger partial charge in [0.25, 0.3) is 0 Å². The van der Waals surface area contributed by atoms with Gasteiger partial charge in [0.05, 0.1) is 0 Å². The third-order valence-corrected chi connectivity index (χ3v) is 2.68. The van der Waals surface area contributed by atoms with Crippen LogP contribution in [0, 0.1) is 6.92 Å². The molecule has 1 aromatic rings. The van der Waals surface area contributed by atoms with Crippen molar-refractivity contribution in [2.75, 3.05) is 0 Å². The van der Waals surface area contributed by atoms with Crippen LogP contribution < -0.4 is 0 Å². The Morgan fingerprint density at radius 2 is 2.00 bits per heavy atom. The number of halogens is 1. The molecule has 0 atom stereocenters.